The Balaban J connectivity index is 1.53. The lowest BCUT2D eigenvalue weighted by Crippen LogP contribution is -2.43. The van der Waals surface area contributed by atoms with Gasteiger partial charge in [-0.05, 0) is 55.9 Å². The highest BCUT2D eigenvalue weighted by Crippen LogP contribution is 2.33. The van der Waals surface area contributed by atoms with E-state index in [9.17, 15) is 18.0 Å². The van der Waals surface area contributed by atoms with Crippen molar-refractivity contribution in [2.45, 2.75) is 44.8 Å². The van der Waals surface area contributed by atoms with E-state index in [1.54, 1.807) is 0 Å². The summed E-state index contributed by atoms with van der Waals surface area (Å²) in [5.41, 5.74) is 0.0722. The van der Waals surface area contributed by atoms with Gasteiger partial charge in [-0.25, -0.2) is 4.31 Å². The summed E-state index contributed by atoms with van der Waals surface area (Å²) >= 11 is 1.41. The quantitative estimate of drug-likeness (QED) is 0.790. The van der Waals surface area contributed by atoms with Crippen molar-refractivity contribution < 1.29 is 18.0 Å². The molecule has 1 aromatic carbocycles. The van der Waals surface area contributed by atoms with Crippen LogP contribution in [-0.4, -0.2) is 35.9 Å². The fourth-order valence-electron chi connectivity index (χ4n) is 3.48. The molecule has 1 aliphatic carbocycles. The number of halogens is 3. The van der Waals surface area contributed by atoms with Crippen molar-refractivity contribution in [1.82, 2.24) is 9.62 Å². The van der Waals surface area contributed by atoms with Crippen molar-refractivity contribution in [3.8, 4) is 0 Å². The van der Waals surface area contributed by atoms with Gasteiger partial charge in [0.15, 0.2) is 0 Å². The molecule has 3 rings (SSSR count). The topological polar surface area (TPSA) is 35.6 Å². The van der Waals surface area contributed by atoms with E-state index in [0.29, 0.717) is 12.5 Å². The normalized spacial score (nSPS) is 24.7. The lowest BCUT2D eigenvalue weighted by molar-refractivity contribution is -0.137. The minimum atomic E-state index is -4.32. The summed E-state index contributed by atoms with van der Waals surface area (Å²) in [5, 5.41) is 3.10. The summed E-state index contributed by atoms with van der Waals surface area (Å²) in [5.74, 6) is 0.686. The Hall–Kier alpha value is -1.41. The molecule has 0 bridgehead atoms. The summed E-state index contributed by atoms with van der Waals surface area (Å²) in [6, 6.07) is 5.45. The number of anilines is 1. The predicted molar refractivity (Wildman–Crippen MR) is 97.5 cm³/mol. The van der Waals surface area contributed by atoms with E-state index in [1.807, 2.05) is 8.61 Å². The average Bonchev–Trinajstić information content (AvgIpc) is 2.99. The highest BCUT2D eigenvalue weighted by atomic mass is 32.2. The van der Waals surface area contributed by atoms with Crippen LogP contribution < -0.4 is 9.62 Å². The number of benzene rings is 1. The first kappa shape index (κ1) is 19.4. The van der Waals surface area contributed by atoms with Crippen LogP contribution >= 0.6 is 12.1 Å². The molecule has 0 aromatic heterocycles. The van der Waals surface area contributed by atoms with Crippen molar-refractivity contribution in [2.24, 2.45) is 5.92 Å². The predicted octanol–water partition coefficient (Wildman–Crippen LogP) is 4.09. The van der Waals surface area contributed by atoms with Gasteiger partial charge in [0.1, 0.15) is 0 Å². The van der Waals surface area contributed by atoms with Crippen molar-refractivity contribution in [2.75, 3.05) is 23.9 Å². The SMILES string of the molecule is CC1CCC(NC(=O)CN2CCCN(c3ccc(C(F)(F)F)cc3)S2)C1. The molecule has 0 radical (unpaired) electrons. The Morgan fingerprint density at radius 2 is 1.96 bits per heavy atom. The molecule has 8 heteroatoms. The van der Waals surface area contributed by atoms with E-state index in [1.165, 1.54) is 24.3 Å². The Morgan fingerprint density at radius 1 is 1.23 bits per heavy atom. The van der Waals surface area contributed by atoms with Crippen LogP contribution in [0.15, 0.2) is 24.3 Å². The van der Waals surface area contributed by atoms with Crippen molar-refractivity contribution >= 4 is 23.7 Å². The summed E-state index contributed by atoms with van der Waals surface area (Å²) in [4.78, 5) is 12.3. The maximum atomic E-state index is 12.7. The Kier molecular flexibility index (Phi) is 6.02. The first-order chi connectivity index (χ1) is 12.3. The van der Waals surface area contributed by atoms with E-state index in [-0.39, 0.29) is 11.9 Å². The average molecular weight is 387 g/mol. The zero-order valence-electron chi connectivity index (χ0n) is 14.8. The third-order valence-electron chi connectivity index (χ3n) is 4.85. The fraction of sp³-hybridized carbons (Fsp3) is 0.611. The molecule has 26 heavy (non-hydrogen) atoms. The van der Waals surface area contributed by atoms with Gasteiger partial charge >= 0.3 is 6.18 Å². The first-order valence-corrected chi connectivity index (χ1v) is 9.71. The highest BCUT2D eigenvalue weighted by molar-refractivity contribution is 7.98. The maximum Gasteiger partial charge on any atom is 0.416 e. The second kappa shape index (κ2) is 8.08. The number of amides is 1. The number of nitrogens with one attached hydrogen (secondary N) is 1. The summed E-state index contributed by atoms with van der Waals surface area (Å²) in [7, 11) is 0. The number of carbonyl (C=O) groups is 1. The number of hydrogen-bond acceptors (Lipinski definition) is 4. The minimum Gasteiger partial charge on any atom is -0.352 e. The van der Waals surface area contributed by atoms with Gasteiger partial charge < -0.3 is 9.62 Å². The molecule has 1 N–H and O–H groups in total. The van der Waals surface area contributed by atoms with Crippen LogP contribution in [0, 0.1) is 5.92 Å². The van der Waals surface area contributed by atoms with Gasteiger partial charge in [0.2, 0.25) is 5.91 Å². The molecule has 1 amide bonds. The first-order valence-electron chi connectivity index (χ1n) is 8.98. The molecule has 1 saturated heterocycles. The van der Waals surface area contributed by atoms with Crippen molar-refractivity contribution in [1.29, 1.82) is 0 Å². The van der Waals surface area contributed by atoms with Crippen LogP contribution in [0.3, 0.4) is 0 Å². The van der Waals surface area contributed by atoms with Crippen LogP contribution in [-0.2, 0) is 11.0 Å². The molecule has 1 heterocycles. The van der Waals surface area contributed by atoms with Crippen LogP contribution in [0.1, 0.15) is 38.2 Å². The Morgan fingerprint density at radius 3 is 2.58 bits per heavy atom. The molecule has 4 nitrogen and oxygen atoms in total. The van der Waals surface area contributed by atoms with Gasteiger partial charge in [-0.15, -0.1) is 0 Å². The maximum absolute atomic E-state index is 12.7. The molecule has 2 aliphatic rings. The standard InChI is InChI=1S/C18H24F3N3OS/c1-13-3-6-15(11-13)22-17(25)12-23-9-2-10-24(26-23)16-7-4-14(5-8-16)18(19,20)21/h4-5,7-8,13,15H,2-3,6,9-12H2,1H3,(H,22,25). The number of alkyl halides is 3. The summed E-state index contributed by atoms with van der Waals surface area (Å²) < 4.78 is 42.0. The van der Waals surface area contributed by atoms with Gasteiger partial charge in [0.25, 0.3) is 0 Å². The monoisotopic (exact) mass is 387 g/mol. The van der Waals surface area contributed by atoms with Crippen molar-refractivity contribution in [3.63, 3.8) is 0 Å². The number of rotatable bonds is 4. The lowest BCUT2D eigenvalue weighted by atomic mass is 10.1. The van der Waals surface area contributed by atoms with Gasteiger partial charge in [0.05, 0.1) is 12.1 Å². The molecular formula is C18H24F3N3OS. The molecular weight excluding hydrogens is 363 g/mol. The van der Waals surface area contributed by atoms with Crippen molar-refractivity contribution in [3.05, 3.63) is 29.8 Å². The Labute approximate surface area is 156 Å². The van der Waals surface area contributed by atoms with Gasteiger partial charge in [-0.3, -0.25) is 4.79 Å². The molecule has 0 spiro atoms. The highest BCUT2D eigenvalue weighted by Gasteiger charge is 2.31. The summed E-state index contributed by atoms with van der Waals surface area (Å²) in [6.45, 7) is 4.03. The van der Waals surface area contributed by atoms with Gasteiger partial charge in [0, 0.05) is 37.0 Å². The van der Waals surface area contributed by atoms with Crippen LogP contribution in [0.5, 0.6) is 0 Å². The molecule has 2 atom stereocenters. The van der Waals surface area contributed by atoms with Crippen LogP contribution in [0.2, 0.25) is 0 Å². The zero-order chi connectivity index (χ0) is 18.7. The summed E-state index contributed by atoms with van der Waals surface area (Å²) in [6.07, 6.45) is -0.226. The number of carbonyl (C=O) groups excluding carboxylic acids is 1. The molecule has 2 fully saturated rings. The molecule has 1 saturated carbocycles. The molecule has 144 valence electrons. The zero-order valence-corrected chi connectivity index (χ0v) is 15.6. The van der Waals surface area contributed by atoms with E-state index < -0.39 is 11.7 Å². The second-order valence-corrected chi connectivity index (χ2v) is 8.25. The van der Waals surface area contributed by atoms with Crippen LogP contribution in [0.25, 0.3) is 0 Å². The fourth-order valence-corrected chi connectivity index (χ4v) is 4.58. The van der Waals surface area contributed by atoms with Gasteiger partial charge in [-0.1, -0.05) is 6.92 Å². The Bertz CT molecular complexity index is 623. The third-order valence-corrected chi connectivity index (χ3v) is 5.98. The molecule has 2 unspecified atom stereocenters. The molecule has 1 aromatic rings. The molecule has 1 aliphatic heterocycles. The largest absolute Gasteiger partial charge is 0.416 e. The van der Waals surface area contributed by atoms with E-state index in [4.69, 9.17) is 0 Å². The number of nitrogens with zero attached hydrogens (tertiary/aromatic N) is 2. The minimum absolute atomic E-state index is 0.0193. The van der Waals surface area contributed by atoms with Gasteiger partial charge in [-0.2, -0.15) is 13.2 Å². The third kappa shape index (κ3) is 5.07. The van der Waals surface area contributed by atoms with E-state index in [0.717, 1.165) is 56.6 Å². The van der Waals surface area contributed by atoms with E-state index in [2.05, 4.69) is 12.2 Å². The van der Waals surface area contributed by atoms with Crippen LogP contribution in [0.4, 0.5) is 18.9 Å². The smallest absolute Gasteiger partial charge is 0.352 e. The lowest BCUT2D eigenvalue weighted by Gasteiger charge is -2.34. The number of hydrogen-bond donors (Lipinski definition) is 1. The van der Waals surface area contributed by atoms with E-state index >= 15 is 0 Å². The second-order valence-electron chi connectivity index (χ2n) is 7.13.